The molecule has 0 unspecified atom stereocenters. The van der Waals surface area contributed by atoms with Crippen LogP contribution in [0.15, 0.2) is 31.0 Å². The highest BCUT2D eigenvalue weighted by Gasteiger charge is 2.51. The molecule has 38 heavy (non-hydrogen) atoms. The van der Waals surface area contributed by atoms with Crippen molar-refractivity contribution in [3.05, 3.63) is 31.0 Å². The predicted octanol–water partition coefficient (Wildman–Crippen LogP) is 3.36. The van der Waals surface area contributed by atoms with Crippen LogP contribution in [0.4, 0.5) is 18.0 Å². The van der Waals surface area contributed by atoms with E-state index in [1.54, 1.807) is 11.1 Å². The molecular weight excluding hydrogens is 499 g/mol. The Hall–Kier alpha value is -3.66. The number of aromatic amines is 1. The van der Waals surface area contributed by atoms with Crippen molar-refractivity contribution in [2.24, 2.45) is 0 Å². The fourth-order valence-electron chi connectivity index (χ4n) is 6.24. The second kappa shape index (κ2) is 9.27. The Labute approximate surface area is 217 Å². The van der Waals surface area contributed by atoms with Gasteiger partial charge in [-0.25, -0.2) is 14.8 Å². The Morgan fingerprint density at radius 2 is 1.97 bits per heavy atom. The molecule has 13 heteroatoms. The van der Waals surface area contributed by atoms with Crippen LogP contribution >= 0.6 is 0 Å². The topological polar surface area (TPSA) is 110 Å². The molecule has 0 aromatic carbocycles. The number of piperazine rings is 1. The summed E-state index contributed by atoms with van der Waals surface area (Å²) in [7, 11) is 0. The summed E-state index contributed by atoms with van der Waals surface area (Å²) in [6.07, 6.45) is 4.77. The van der Waals surface area contributed by atoms with Crippen molar-refractivity contribution in [1.82, 2.24) is 39.4 Å². The van der Waals surface area contributed by atoms with Crippen LogP contribution in [0.25, 0.3) is 22.3 Å². The van der Waals surface area contributed by atoms with Crippen LogP contribution < -0.4 is 0 Å². The van der Waals surface area contributed by atoms with Crippen molar-refractivity contribution < 1.29 is 18.0 Å². The van der Waals surface area contributed by atoms with Crippen molar-refractivity contribution in [2.75, 3.05) is 32.7 Å². The van der Waals surface area contributed by atoms with Crippen LogP contribution in [-0.4, -0.2) is 96.4 Å². The van der Waals surface area contributed by atoms with Crippen molar-refractivity contribution in [3.8, 4) is 17.3 Å². The molecule has 0 spiro atoms. The van der Waals surface area contributed by atoms with E-state index in [1.165, 1.54) is 6.33 Å². The molecule has 10 nitrogen and oxygen atoms in total. The van der Waals surface area contributed by atoms with E-state index < -0.39 is 23.8 Å². The maximum absolute atomic E-state index is 13.3. The summed E-state index contributed by atoms with van der Waals surface area (Å²) in [4.78, 5) is 29.4. The number of H-pyrrole nitrogens is 1. The van der Waals surface area contributed by atoms with Gasteiger partial charge in [0.15, 0.2) is 0 Å². The lowest BCUT2D eigenvalue weighted by molar-refractivity contribution is -0.170. The van der Waals surface area contributed by atoms with Crippen LogP contribution in [0.1, 0.15) is 32.1 Å². The number of nitrogens with one attached hydrogen (secondary N) is 1. The Morgan fingerprint density at radius 1 is 1.18 bits per heavy atom. The van der Waals surface area contributed by atoms with E-state index in [1.807, 2.05) is 23.1 Å². The number of alkyl halides is 3. The Kier molecular flexibility index (Phi) is 6.02. The van der Waals surface area contributed by atoms with E-state index in [0.717, 1.165) is 40.0 Å². The maximum Gasteiger partial charge on any atom is 0.408 e. The fourth-order valence-corrected chi connectivity index (χ4v) is 6.24. The predicted molar refractivity (Wildman–Crippen MR) is 131 cm³/mol. The van der Waals surface area contributed by atoms with E-state index in [0.29, 0.717) is 39.0 Å². The minimum atomic E-state index is -4.39. The molecular formula is C25H28F3N9O. The third-order valence-electron chi connectivity index (χ3n) is 8.31. The quantitative estimate of drug-likeness (QED) is 0.557. The SMILES string of the molecule is N#CCC1(n2cc(-c3ncnc4[nH]ccc34)cn2)CC(N2CCN(C(=O)N3CCC[C@H]3C(F)(F)F)CC2)C1. The minimum Gasteiger partial charge on any atom is -0.346 e. The molecule has 0 radical (unpaired) electrons. The first-order chi connectivity index (χ1) is 18.3. The first-order valence-corrected chi connectivity index (χ1v) is 12.9. The van der Waals surface area contributed by atoms with E-state index in [9.17, 15) is 23.2 Å². The number of amides is 2. The molecule has 5 heterocycles. The van der Waals surface area contributed by atoms with Crippen LogP contribution in [-0.2, 0) is 5.54 Å². The number of fused-ring (bicyclic) bond motifs is 1. The summed E-state index contributed by atoms with van der Waals surface area (Å²) in [6.45, 7) is 2.14. The standard InChI is InChI=1S/C25H28F3N9O/c26-25(27,28)20-2-1-7-36(20)23(38)35-10-8-34(9-11-35)18-12-24(13-18,4-5-29)37-15-17(14-33-37)21-19-3-6-30-22(19)32-16-31-21/h3,6,14-16,18,20H,1-2,4,7-13H2,(H,30,31,32)/t18?,20-,24?/m0/s1. The van der Waals surface area contributed by atoms with Crippen LogP contribution in [0.2, 0.25) is 0 Å². The van der Waals surface area contributed by atoms with Gasteiger partial charge in [0.05, 0.1) is 29.9 Å². The van der Waals surface area contributed by atoms with Crippen LogP contribution in [0.3, 0.4) is 0 Å². The molecule has 200 valence electrons. The molecule has 3 fully saturated rings. The van der Waals surface area contributed by atoms with E-state index in [2.05, 4.69) is 31.0 Å². The van der Waals surface area contributed by atoms with E-state index >= 15 is 0 Å². The van der Waals surface area contributed by atoms with Crippen molar-refractivity contribution in [1.29, 1.82) is 5.26 Å². The normalized spacial score (nSPS) is 26.5. The van der Waals surface area contributed by atoms with Crippen molar-refractivity contribution in [2.45, 2.75) is 55.9 Å². The minimum absolute atomic E-state index is 0.0271. The number of likely N-dealkylation sites (tertiary alicyclic amines) is 1. The molecule has 3 aromatic heterocycles. The van der Waals surface area contributed by atoms with Crippen LogP contribution in [0.5, 0.6) is 0 Å². The molecule has 6 rings (SSSR count). The summed E-state index contributed by atoms with van der Waals surface area (Å²) in [6, 6.07) is 2.27. The lowest BCUT2D eigenvalue weighted by Crippen LogP contribution is -2.62. The molecule has 2 saturated heterocycles. The highest BCUT2D eigenvalue weighted by atomic mass is 19.4. The van der Waals surface area contributed by atoms with Gasteiger partial charge in [-0.15, -0.1) is 0 Å². The number of hydrogen-bond acceptors (Lipinski definition) is 6. The van der Waals surface area contributed by atoms with Crippen LogP contribution in [0, 0.1) is 11.3 Å². The zero-order chi connectivity index (χ0) is 26.5. The van der Waals surface area contributed by atoms with Crippen molar-refractivity contribution >= 4 is 17.1 Å². The zero-order valence-electron chi connectivity index (χ0n) is 20.7. The summed E-state index contributed by atoms with van der Waals surface area (Å²) in [5, 5.41) is 15.1. The molecule has 2 amide bonds. The number of nitriles is 1. The van der Waals surface area contributed by atoms with Gasteiger partial charge in [0, 0.05) is 62.1 Å². The van der Waals surface area contributed by atoms with E-state index in [4.69, 9.17) is 0 Å². The number of hydrogen-bond donors (Lipinski definition) is 1. The van der Waals surface area contributed by atoms with Crippen molar-refractivity contribution in [3.63, 3.8) is 0 Å². The van der Waals surface area contributed by atoms with Gasteiger partial charge in [-0.3, -0.25) is 9.58 Å². The highest BCUT2D eigenvalue weighted by Crippen LogP contribution is 2.45. The van der Waals surface area contributed by atoms with Gasteiger partial charge in [-0.1, -0.05) is 0 Å². The summed E-state index contributed by atoms with van der Waals surface area (Å²) in [5.74, 6) is 0. The lowest BCUT2D eigenvalue weighted by Gasteiger charge is -2.52. The smallest absolute Gasteiger partial charge is 0.346 e. The van der Waals surface area contributed by atoms with Gasteiger partial charge in [0.1, 0.15) is 18.0 Å². The van der Waals surface area contributed by atoms with Gasteiger partial charge in [-0.2, -0.15) is 23.5 Å². The number of nitrogens with zero attached hydrogens (tertiary/aromatic N) is 8. The summed E-state index contributed by atoms with van der Waals surface area (Å²) < 4.78 is 41.9. The Balaban J connectivity index is 1.10. The summed E-state index contributed by atoms with van der Waals surface area (Å²) >= 11 is 0. The molecule has 1 atom stereocenters. The average Bonchev–Trinajstić information content (AvgIpc) is 3.65. The maximum atomic E-state index is 13.3. The first-order valence-electron chi connectivity index (χ1n) is 12.9. The Morgan fingerprint density at radius 3 is 2.71 bits per heavy atom. The number of carbonyl (C=O) groups is 1. The van der Waals surface area contributed by atoms with Gasteiger partial charge in [0.25, 0.3) is 0 Å². The number of urea groups is 1. The van der Waals surface area contributed by atoms with Gasteiger partial charge in [0.2, 0.25) is 0 Å². The van der Waals surface area contributed by atoms with Gasteiger partial charge < -0.3 is 14.8 Å². The number of halogens is 3. The number of rotatable bonds is 4. The third-order valence-corrected chi connectivity index (χ3v) is 8.31. The van der Waals surface area contributed by atoms with Gasteiger partial charge in [-0.05, 0) is 31.7 Å². The second-order valence-electron chi connectivity index (χ2n) is 10.5. The molecule has 1 aliphatic carbocycles. The first kappa shape index (κ1) is 24.7. The number of aromatic nitrogens is 5. The fraction of sp³-hybridized carbons (Fsp3) is 0.560. The molecule has 0 bridgehead atoms. The number of carbonyl (C=O) groups excluding carboxylic acids is 1. The van der Waals surface area contributed by atoms with E-state index in [-0.39, 0.29) is 19.0 Å². The molecule has 3 aromatic rings. The second-order valence-corrected chi connectivity index (χ2v) is 10.5. The average molecular weight is 528 g/mol. The zero-order valence-corrected chi connectivity index (χ0v) is 20.7. The monoisotopic (exact) mass is 527 g/mol. The third kappa shape index (κ3) is 4.16. The largest absolute Gasteiger partial charge is 0.408 e. The molecule has 1 N–H and O–H groups in total. The molecule has 1 saturated carbocycles. The lowest BCUT2D eigenvalue weighted by atomic mass is 9.70. The van der Waals surface area contributed by atoms with Gasteiger partial charge >= 0.3 is 12.2 Å². The summed E-state index contributed by atoms with van der Waals surface area (Å²) in [5.41, 5.74) is 1.94. The molecule has 3 aliphatic rings. The Bertz CT molecular complexity index is 1360. The molecule has 2 aliphatic heterocycles. The highest BCUT2D eigenvalue weighted by molar-refractivity contribution is 5.90.